The molecule has 0 bridgehead atoms. The van der Waals surface area contributed by atoms with Gasteiger partial charge in [-0.3, -0.25) is 4.79 Å². The average Bonchev–Trinajstić information content (AvgIpc) is 2.13. The van der Waals surface area contributed by atoms with Gasteiger partial charge in [-0.25, -0.2) is 4.79 Å². The molecule has 2 N–H and O–H groups in total. The maximum atomic E-state index is 11.4. The third-order valence-corrected chi connectivity index (χ3v) is 1.75. The van der Waals surface area contributed by atoms with Gasteiger partial charge in [-0.2, -0.15) is 0 Å². The first-order valence-corrected chi connectivity index (χ1v) is 5.34. The number of amides is 1. The fourth-order valence-electron chi connectivity index (χ4n) is 1.12. The number of ether oxygens (including phenoxy) is 1. The Labute approximate surface area is 96.1 Å². The molecule has 0 radical (unpaired) electrons. The molecule has 0 aliphatic heterocycles. The molecule has 1 atom stereocenters. The Bertz CT molecular complexity index is 269. The summed E-state index contributed by atoms with van der Waals surface area (Å²) in [5.41, 5.74) is -0.589. The predicted molar refractivity (Wildman–Crippen MR) is 61.9 cm³/mol. The van der Waals surface area contributed by atoms with Crippen LogP contribution in [0.2, 0.25) is 0 Å². The van der Waals surface area contributed by atoms with Crippen LogP contribution in [0.4, 0.5) is 4.79 Å². The van der Waals surface area contributed by atoms with Crippen LogP contribution in [0.5, 0.6) is 0 Å². The highest BCUT2D eigenvalue weighted by molar-refractivity contribution is 6.29. The molecule has 0 saturated carbocycles. The Morgan fingerprint density at radius 1 is 1.44 bits per heavy atom. The van der Waals surface area contributed by atoms with Crippen molar-refractivity contribution in [1.82, 2.24) is 5.32 Å². The van der Waals surface area contributed by atoms with Crippen LogP contribution in [0.25, 0.3) is 0 Å². The highest BCUT2D eigenvalue weighted by Crippen LogP contribution is 2.07. The molecule has 0 aliphatic carbocycles. The number of rotatable bonds is 5. The molecule has 0 spiro atoms. The summed E-state index contributed by atoms with van der Waals surface area (Å²) < 4.78 is 5.03. The van der Waals surface area contributed by atoms with Crippen LogP contribution in [0.1, 0.15) is 40.5 Å². The van der Waals surface area contributed by atoms with Gasteiger partial charge >= 0.3 is 6.09 Å². The Balaban J connectivity index is 4.34. The van der Waals surface area contributed by atoms with Crippen LogP contribution >= 0.6 is 0 Å². The summed E-state index contributed by atoms with van der Waals surface area (Å²) >= 11 is 0. The molecule has 5 heteroatoms. The minimum atomic E-state index is -0.655. The van der Waals surface area contributed by atoms with Gasteiger partial charge in [0, 0.05) is 0 Å². The second kappa shape index (κ2) is 6.25. The second-order valence-corrected chi connectivity index (χ2v) is 4.53. The molecule has 0 aromatic carbocycles. The molecule has 0 saturated heterocycles. The number of ketones is 1. The summed E-state index contributed by atoms with van der Waals surface area (Å²) in [5, 5.41) is 9.34. The number of hydrogen-bond donors (Lipinski definition) is 2. The van der Waals surface area contributed by atoms with Crippen LogP contribution in [-0.4, -0.2) is 29.7 Å². The average molecular weight is 228 g/mol. The van der Waals surface area contributed by atoms with Gasteiger partial charge in [-0.1, -0.05) is 13.3 Å². The summed E-state index contributed by atoms with van der Waals surface area (Å²) in [6, 6.07) is -0.655. The van der Waals surface area contributed by atoms with Crippen LogP contribution < -0.4 is 5.32 Å². The van der Waals surface area contributed by atoms with Gasteiger partial charge < -0.3 is 15.5 Å². The maximum Gasteiger partial charge on any atom is 0.408 e. The summed E-state index contributed by atoms with van der Waals surface area (Å²) in [4.78, 5) is 22.7. The molecule has 0 rings (SSSR count). The Kier molecular flexibility index (Phi) is 5.71. The van der Waals surface area contributed by atoms with Gasteiger partial charge in [-0.05, 0) is 27.2 Å². The fraction of sp³-hybridized carbons (Fsp3) is 0.727. The Morgan fingerprint density at radius 2 is 2.00 bits per heavy atom. The van der Waals surface area contributed by atoms with Crippen LogP contribution in [-0.2, 0) is 9.53 Å². The minimum absolute atomic E-state index is 0.410. The largest absolute Gasteiger partial charge is 0.444 e. The number of carbonyl (C=O) groups is 2. The number of nitrogens with one attached hydrogen (secondary N) is 2. The van der Waals surface area contributed by atoms with Gasteiger partial charge in [0.15, 0.2) is 5.78 Å². The summed E-state index contributed by atoms with van der Waals surface area (Å²) in [6.45, 7) is 7.15. The van der Waals surface area contributed by atoms with E-state index >= 15 is 0 Å². The molecule has 92 valence electrons. The highest BCUT2D eigenvalue weighted by atomic mass is 16.6. The van der Waals surface area contributed by atoms with Gasteiger partial charge in [0.1, 0.15) is 5.60 Å². The van der Waals surface area contributed by atoms with Crippen molar-refractivity contribution in [2.24, 2.45) is 0 Å². The molecular formula is C11H20N2O3. The lowest BCUT2D eigenvalue weighted by Gasteiger charge is -2.22. The van der Waals surface area contributed by atoms with E-state index < -0.39 is 23.5 Å². The molecule has 5 nitrogen and oxygen atoms in total. The Morgan fingerprint density at radius 3 is 2.38 bits per heavy atom. The molecule has 0 unspecified atom stereocenters. The fourth-order valence-corrected chi connectivity index (χ4v) is 1.12. The van der Waals surface area contributed by atoms with Gasteiger partial charge in [0.2, 0.25) is 0 Å². The van der Waals surface area contributed by atoms with Crippen LogP contribution in [0, 0.1) is 5.41 Å². The third kappa shape index (κ3) is 6.16. The van der Waals surface area contributed by atoms with Crippen LogP contribution in [0.3, 0.4) is 0 Å². The molecular weight excluding hydrogens is 208 g/mol. The lowest BCUT2D eigenvalue weighted by Crippen LogP contribution is -2.43. The molecule has 0 aromatic heterocycles. The topological polar surface area (TPSA) is 79.2 Å². The highest BCUT2D eigenvalue weighted by Gasteiger charge is 2.22. The normalized spacial score (nSPS) is 12.8. The zero-order valence-corrected chi connectivity index (χ0v) is 10.3. The first-order chi connectivity index (χ1) is 7.30. The summed E-state index contributed by atoms with van der Waals surface area (Å²) in [6.07, 6.45) is 1.35. The molecule has 1 amide bonds. The van der Waals surface area contributed by atoms with E-state index in [-0.39, 0.29) is 0 Å². The van der Waals surface area contributed by atoms with Gasteiger partial charge in [-0.15, -0.1) is 0 Å². The SMILES string of the molecule is CCC[C@H](NC(=O)OC(C)(C)C)C(=O)C=N. The van der Waals surface area contributed by atoms with E-state index in [1.807, 2.05) is 6.92 Å². The summed E-state index contributed by atoms with van der Waals surface area (Å²) in [5.74, 6) is -0.410. The van der Waals surface area contributed by atoms with Crippen molar-refractivity contribution in [2.75, 3.05) is 0 Å². The van der Waals surface area contributed by atoms with E-state index in [0.717, 1.165) is 12.6 Å². The van der Waals surface area contributed by atoms with Crippen molar-refractivity contribution in [3.05, 3.63) is 0 Å². The van der Waals surface area contributed by atoms with E-state index in [4.69, 9.17) is 10.1 Å². The maximum absolute atomic E-state index is 11.4. The summed E-state index contributed by atoms with van der Waals surface area (Å²) in [7, 11) is 0. The van der Waals surface area contributed by atoms with Gasteiger partial charge in [0.25, 0.3) is 0 Å². The minimum Gasteiger partial charge on any atom is -0.444 e. The zero-order valence-electron chi connectivity index (χ0n) is 10.3. The lowest BCUT2D eigenvalue weighted by atomic mass is 10.1. The van der Waals surface area contributed by atoms with Crippen molar-refractivity contribution in [1.29, 1.82) is 5.41 Å². The standard InChI is InChI=1S/C11H20N2O3/c1-5-6-8(9(14)7-12)13-10(15)16-11(2,3)4/h7-8,12H,5-6H2,1-4H3,(H,13,15)/t8-/m0/s1. The number of carbonyl (C=O) groups excluding carboxylic acids is 2. The van der Waals surface area contributed by atoms with E-state index in [1.54, 1.807) is 20.8 Å². The molecule has 0 aromatic rings. The third-order valence-electron chi connectivity index (χ3n) is 1.75. The van der Waals surface area contributed by atoms with E-state index in [2.05, 4.69) is 5.32 Å². The van der Waals surface area contributed by atoms with E-state index in [9.17, 15) is 9.59 Å². The van der Waals surface area contributed by atoms with Gasteiger partial charge in [0.05, 0.1) is 12.3 Å². The van der Waals surface area contributed by atoms with E-state index in [1.165, 1.54) is 0 Å². The molecule has 0 fully saturated rings. The first-order valence-electron chi connectivity index (χ1n) is 5.34. The van der Waals surface area contributed by atoms with E-state index in [0.29, 0.717) is 6.42 Å². The monoisotopic (exact) mass is 228 g/mol. The first kappa shape index (κ1) is 14.6. The zero-order chi connectivity index (χ0) is 12.8. The van der Waals surface area contributed by atoms with Crippen molar-refractivity contribution in [3.63, 3.8) is 0 Å². The lowest BCUT2D eigenvalue weighted by molar-refractivity contribution is -0.114. The van der Waals surface area contributed by atoms with Crippen molar-refractivity contribution < 1.29 is 14.3 Å². The molecule has 0 aliphatic rings. The quantitative estimate of drug-likeness (QED) is 0.705. The molecule has 0 heterocycles. The van der Waals surface area contributed by atoms with Crippen molar-refractivity contribution >= 4 is 18.1 Å². The number of Topliss-reactive ketones (excluding diaryl/α,β-unsaturated/α-hetero) is 1. The Hall–Kier alpha value is -1.39. The second-order valence-electron chi connectivity index (χ2n) is 4.53. The number of hydrogen-bond acceptors (Lipinski definition) is 4. The van der Waals surface area contributed by atoms with Crippen LogP contribution in [0.15, 0.2) is 0 Å². The van der Waals surface area contributed by atoms with Crippen molar-refractivity contribution in [3.8, 4) is 0 Å². The molecule has 16 heavy (non-hydrogen) atoms. The predicted octanol–water partition coefficient (Wildman–Crippen LogP) is 1.90. The van der Waals surface area contributed by atoms with Crippen molar-refractivity contribution in [2.45, 2.75) is 52.2 Å². The smallest absolute Gasteiger partial charge is 0.408 e. The number of alkyl carbamates (subject to hydrolysis) is 1.